The predicted molar refractivity (Wildman–Crippen MR) is 72.7 cm³/mol. The molecule has 108 valence electrons. The molecule has 0 aliphatic carbocycles. The predicted octanol–water partition coefficient (Wildman–Crippen LogP) is 0.526. The molecular weight excluding hydrogens is 268 g/mol. The van der Waals surface area contributed by atoms with Gasteiger partial charge in [-0.15, -0.1) is 11.8 Å². The lowest BCUT2D eigenvalue weighted by molar-refractivity contribution is -0.137. The van der Waals surface area contributed by atoms with E-state index in [1.54, 1.807) is 0 Å². The van der Waals surface area contributed by atoms with Crippen LogP contribution in [-0.4, -0.2) is 52.5 Å². The Morgan fingerprint density at radius 3 is 2.79 bits per heavy atom. The number of amides is 2. The van der Waals surface area contributed by atoms with Gasteiger partial charge in [0.05, 0.1) is 11.6 Å². The largest absolute Gasteiger partial charge is 0.481 e. The Bertz CT molecular complexity index is 349. The van der Waals surface area contributed by atoms with Crippen LogP contribution in [0.2, 0.25) is 0 Å². The number of nitrogens with one attached hydrogen (secondary N) is 1. The number of carbonyl (C=O) groups excluding carboxylic acids is 2. The normalized spacial score (nSPS) is 16.5. The third kappa shape index (κ3) is 6.47. The standard InChI is InChI=1S/C12H20N2O4S/c1-9(2-3-12(17)18)4-5-13-10(15)6-14-8-19-7-11(14)16/h9H,2-8H2,1H3,(H,13,15)(H,17,18). The summed E-state index contributed by atoms with van der Waals surface area (Å²) in [5.41, 5.74) is 0. The minimum Gasteiger partial charge on any atom is -0.481 e. The fourth-order valence-corrected chi connectivity index (χ4v) is 2.65. The number of hydrogen-bond acceptors (Lipinski definition) is 4. The molecule has 2 amide bonds. The number of hydrogen-bond donors (Lipinski definition) is 2. The Morgan fingerprint density at radius 1 is 1.47 bits per heavy atom. The molecular formula is C12H20N2O4S. The van der Waals surface area contributed by atoms with Crippen molar-refractivity contribution in [3.63, 3.8) is 0 Å². The molecule has 0 spiro atoms. The first-order chi connectivity index (χ1) is 8.99. The molecule has 1 saturated heterocycles. The van der Waals surface area contributed by atoms with E-state index in [-0.39, 0.29) is 30.7 Å². The van der Waals surface area contributed by atoms with Gasteiger partial charge in [-0.05, 0) is 18.8 Å². The first-order valence-electron chi connectivity index (χ1n) is 6.33. The number of rotatable bonds is 8. The van der Waals surface area contributed by atoms with Crippen molar-refractivity contribution in [1.82, 2.24) is 10.2 Å². The highest BCUT2D eigenvalue weighted by atomic mass is 32.2. The fourth-order valence-electron chi connectivity index (χ4n) is 1.74. The molecule has 7 heteroatoms. The van der Waals surface area contributed by atoms with Crippen LogP contribution in [0.4, 0.5) is 0 Å². The van der Waals surface area contributed by atoms with E-state index in [4.69, 9.17) is 5.11 Å². The Labute approximate surface area is 116 Å². The number of aliphatic carboxylic acids is 1. The maximum absolute atomic E-state index is 11.6. The number of thioether (sulfide) groups is 1. The summed E-state index contributed by atoms with van der Waals surface area (Å²) in [6, 6.07) is 0. The molecule has 0 saturated carbocycles. The minimum absolute atomic E-state index is 0.00924. The molecule has 1 rings (SSSR count). The Kier molecular flexibility index (Phi) is 6.69. The monoisotopic (exact) mass is 288 g/mol. The zero-order valence-corrected chi connectivity index (χ0v) is 11.9. The van der Waals surface area contributed by atoms with Gasteiger partial charge in [0.25, 0.3) is 0 Å². The first kappa shape index (κ1) is 15.8. The van der Waals surface area contributed by atoms with E-state index in [1.807, 2.05) is 6.92 Å². The van der Waals surface area contributed by atoms with Gasteiger partial charge in [0.2, 0.25) is 11.8 Å². The summed E-state index contributed by atoms with van der Waals surface area (Å²) in [5, 5.41) is 11.3. The van der Waals surface area contributed by atoms with Crippen LogP contribution < -0.4 is 5.32 Å². The average Bonchev–Trinajstić information content (AvgIpc) is 2.72. The third-order valence-corrected chi connectivity index (χ3v) is 3.92. The number of nitrogens with zero attached hydrogens (tertiary/aromatic N) is 1. The van der Waals surface area contributed by atoms with Crippen molar-refractivity contribution in [1.29, 1.82) is 0 Å². The molecule has 1 heterocycles. The average molecular weight is 288 g/mol. The molecule has 1 atom stereocenters. The van der Waals surface area contributed by atoms with Crippen LogP contribution in [0.1, 0.15) is 26.2 Å². The fraction of sp³-hybridized carbons (Fsp3) is 0.750. The molecule has 6 nitrogen and oxygen atoms in total. The van der Waals surface area contributed by atoms with Gasteiger partial charge >= 0.3 is 5.97 Å². The minimum atomic E-state index is -0.791. The van der Waals surface area contributed by atoms with Crippen LogP contribution in [0.25, 0.3) is 0 Å². The van der Waals surface area contributed by atoms with Gasteiger partial charge < -0.3 is 15.3 Å². The summed E-state index contributed by atoms with van der Waals surface area (Å²) < 4.78 is 0. The van der Waals surface area contributed by atoms with Crippen LogP contribution in [0.15, 0.2) is 0 Å². The van der Waals surface area contributed by atoms with Crippen molar-refractivity contribution in [2.24, 2.45) is 5.92 Å². The van der Waals surface area contributed by atoms with E-state index < -0.39 is 5.97 Å². The van der Waals surface area contributed by atoms with E-state index in [1.165, 1.54) is 16.7 Å². The number of carbonyl (C=O) groups is 3. The highest BCUT2D eigenvalue weighted by Gasteiger charge is 2.22. The highest BCUT2D eigenvalue weighted by Crippen LogP contribution is 2.14. The Balaban J connectivity index is 2.09. The second-order valence-corrected chi connectivity index (χ2v) is 5.70. The molecule has 0 aromatic rings. The molecule has 19 heavy (non-hydrogen) atoms. The van der Waals surface area contributed by atoms with Crippen molar-refractivity contribution in [2.75, 3.05) is 24.7 Å². The Morgan fingerprint density at radius 2 is 2.21 bits per heavy atom. The number of carboxylic acids is 1. The Hall–Kier alpha value is -1.24. The van der Waals surface area contributed by atoms with Gasteiger partial charge in [-0.3, -0.25) is 14.4 Å². The van der Waals surface area contributed by atoms with Gasteiger partial charge in [0.15, 0.2) is 0 Å². The van der Waals surface area contributed by atoms with Gasteiger partial charge in [-0.25, -0.2) is 0 Å². The quantitative estimate of drug-likeness (QED) is 0.680. The second kappa shape index (κ2) is 8.04. The SMILES string of the molecule is CC(CCNC(=O)CN1CSCC1=O)CCC(=O)O. The van der Waals surface area contributed by atoms with Crippen LogP contribution in [0.5, 0.6) is 0 Å². The lowest BCUT2D eigenvalue weighted by Crippen LogP contribution is -2.38. The van der Waals surface area contributed by atoms with Gasteiger partial charge in [0.1, 0.15) is 6.54 Å². The summed E-state index contributed by atoms with van der Waals surface area (Å²) >= 11 is 1.51. The zero-order chi connectivity index (χ0) is 14.3. The van der Waals surface area contributed by atoms with E-state index in [9.17, 15) is 14.4 Å². The summed E-state index contributed by atoms with van der Waals surface area (Å²) in [7, 11) is 0. The third-order valence-electron chi connectivity index (χ3n) is 2.97. The molecule has 0 radical (unpaired) electrons. The highest BCUT2D eigenvalue weighted by molar-refractivity contribution is 8.00. The molecule has 2 N–H and O–H groups in total. The molecule has 1 fully saturated rings. The van der Waals surface area contributed by atoms with Crippen molar-refractivity contribution in [2.45, 2.75) is 26.2 Å². The lowest BCUT2D eigenvalue weighted by atomic mass is 10.0. The maximum Gasteiger partial charge on any atom is 0.303 e. The second-order valence-electron chi connectivity index (χ2n) is 4.75. The van der Waals surface area contributed by atoms with E-state index >= 15 is 0 Å². The summed E-state index contributed by atoms with van der Waals surface area (Å²) in [6.07, 6.45) is 1.53. The molecule has 1 unspecified atom stereocenters. The summed E-state index contributed by atoms with van der Waals surface area (Å²) in [6.45, 7) is 2.61. The van der Waals surface area contributed by atoms with E-state index in [0.29, 0.717) is 24.6 Å². The maximum atomic E-state index is 11.6. The van der Waals surface area contributed by atoms with E-state index in [2.05, 4.69) is 5.32 Å². The van der Waals surface area contributed by atoms with Crippen molar-refractivity contribution >= 4 is 29.5 Å². The van der Waals surface area contributed by atoms with Crippen molar-refractivity contribution in [3.8, 4) is 0 Å². The molecule has 0 aromatic carbocycles. The lowest BCUT2D eigenvalue weighted by Gasteiger charge is -2.15. The first-order valence-corrected chi connectivity index (χ1v) is 7.48. The van der Waals surface area contributed by atoms with Gasteiger partial charge in [-0.2, -0.15) is 0 Å². The summed E-state index contributed by atoms with van der Waals surface area (Å²) in [4.78, 5) is 34.8. The molecule has 0 aromatic heterocycles. The topological polar surface area (TPSA) is 86.7 Å². The smallest absolute Gasteiger partial charge is 0.303 e. The molecule has 1 aliphatic rings. The van der Waals surface area contributed by atoms with Crippen LogP contribution >= 0.6 is 11.8 Å². The molecule has 0 bridgehead atoms. The van der Waals surface area contributed by atoms with E-state index in [0.717, 1.165) is 6.42 Å². The molecule has 1 aliphatic heterocycles. The van der Waals surface area contributed by atoms with Crippen LogP contribution in [0, 0.1) is 5.92 Å². The van der Waals surface area contributed by atoms with Crippen molar-refractivity contribution in [3.05, 3.63) is 0 Å². The summed E-state index contributed by atoms with van der Waals surface area (Å²) in [5.74, 6) is 0.374. The van der Waals surface area contributed by atoms with Crippen molar-refractivity contribution < 1.29 is 19.5 Å². The zero-order valence-electron chi connectivity index (χ0n) is 11.1. The number of carboxylic acid groups (broad SMARTS) is 1. The van der Waals surface area contributed by atoms with Crippen LogP contribution in [0.3, 0.4) is 0 Å². The van der Waals surface area contributed by atoms with Gasteiger partial charge in [-0.1, -0.05) is 6.92 Å². The van der Waals surface area contributed by atoms with Gasteiger partial charge in [0, 0.05) is 13.0 Å². The van der Waals surface area contributed by atoms with Crippen LogP contribution in [-0.2, 0) is 14.4 Å².